The molecule has 2 N–H and O–H groups in total. The Bertz CT molecular complexity index is 226. The van der Waals surface area contributed by atoms with Crippen LogP contribution in [0.25, 0.3) is 0 Å². The third kappa shape index (κ3) is 5.76. The maximum Gasteiger partial charge on any atom is 0.0688 e. The topological polar surface area (TPSA) is 56.0 Å². The highest BCUT2D eigenvalue weighted by molar-refractivity contribution is 4.87. The maximum atomic E-state index is 9.54. The fraction of sp³-hybridized carbons (Fsp3) is 0.917. The van der Waals surface area contributed by atoms with E-state index in [0.29, 0.717) is 6.42 Å². The summed E-state index contributed by atoms with van der Waals surface area (Å²) in [6.07, 6.45) is 1.08. The first-order valence-corrected chi connectivity index (χ1v) is 5.51. The summed E-state index contributed by atoms with van der Waals surface area (Å²) in [4.78, 5) is 0. The second-order valence-corrected chi connectivity index (χ2v) is 5.57. The fourth-order valence-electron chi connectivity index (χ4n) is 1.10. The molecule has 0 saturated carbocycles. The summed E-state index contributed by atoms with van der Waals surface area (Å²) in [6, 6.07) is 2.17. The van der Waals surface area contributed by atoms with E-state index >= 15 is 0 Å². The van der Waals surface area contributed by atoms with Crippen LogP contribution < -0.4 is 5.32 Å². The van der Waals surface area contributed by atoms with Crippen LogP contribution in [0.1, 0.15) is 47.5 Å². The summed E-state index contributed by atoms with van der Waals surface area (Å²) in [7, 11) is 0. The quantitative estimate of drug-likeness (QED) is 0.708. The van der Waals surface area contributed by atoms with Gasteiger partial charge in [0, 0.05) is 18.5 Å². The molecule has 0 aromatic carbocycles. The van der Waals surface area contributed by atoms with Crippen molar-refractivity contribution in [3.63, 3.8) is 0 Å². The van der Waals surface area contributed by atoms with Gasteiger partial charge in [0.1, 0.15) is 0 Å². The van der Waals surface area contributed by atoms with Crippen molar-refractivity contribution in [1.82, 2.24) is 5.32 Å². The molecular weight excluding hydrogens is 188 g/mol. The Kier molecular flexibility index (Phi) is 5.27. The zero-order valence-corrected chi connectivity index (χ0v) is 10.6. The molecule has 0 fully saturated rings. The normalized spacial score (nSPS) is 14.7. The van der Waals surface area contributed by atoms with Gasteiger partial charge in [-0.2, -0.15) is 5.26 Å². The van der Waals surface area contributed by atoms with Crippen LogP contribution in [0.4, 0.5) is 0 Å². The third-order valence-electron chi connectivity index (χ3n) is 2.98. The predicted octanol–water partition coefficient (Wildman–Crippen LogP) is 2.07. The molecule has 0 aromatic rings. The molecular formula is C12H24N2O. The number of aliphatic hydroxyl groups is 1. The van der Waals surface area contributed by atoms with E-state index in [2.05, 4.69) is 25.2 Å². The number of rotatable bonds is 6. The highest BCUT2D eigenvalue weighted by Crippen LogP contribution is 2.22. The van der Waals surface area contributed by atoms with E-state index in [1.165, 1.54) is 0 Å². The molecule has 0 aromatic heterocycles. The van der Waals surface area contributed by atoms with Gasteiger partial charge in [-0.3, -0.25) is 0 Å². The van der Waals surface area contributed by atoms with Crippen molar-refractivity contribution >= 4 is 0 Å². The van der Waals surface area contributed by atoms with E-state index in [4.69, 9.17) is 5.26 Å². The van der Waals surface area contributed by atoms with Crippen molar-refractivity contribution in [3.05, 3.63) is 0 Å². The van der Waals surface area contributed by atoms with Crippen molar-refractivity contribution < 1.29 is 5.11 Å². The Morgan fingerprint density at radius 1 is 1.33 bits per heavy atom. The van der Waals surface area contributed by atoms with Gasteiger partial charge >= 0.3 is 0 Å². The predicted molar refractivity (Wildman–Crippen MR) is 62.4 cm³/mol. The van der Waals surface area contributed by atoms with Gasteiger partial charge in [0.05, 0.1) is 12.2 Å². The minimum atomic E-state index is -0.385. The average Bonchev–Trinajstić information content (AvgIpc) is 2.12. The van der Waals surface area contributed by atoms with Crippen molar-refractivity contribution in [1.29, 1.82) is 5.26 Å². The van der Waals surface area contributed by atoms with Crippen molar-refractivity contribution in [3.8, 4) is 6.07 Å². The monoisotopic (exact) mass is 212 g/mol. The Labute approximate surface area is 93.5 Å². The molecule has 0 radical (unpaired) electrons. The average molecular weight is 212 g/mol. The summed E-state index contributed by atoms with van der Waals surface area (Å²) >= 11 is 0. The van der Waals surface area contributed by atoms with Crippen molar-refractivity contribution in [2.24, 2.45) is 5.41 Å². The first-order valence-electron chi connectivity index (χ1n) is 5.51. The Hall–Kier alpha value is -0.590. The van der Waals surface area contributed by atoms with E-state index in [-0.39, 0.29) is 17.1 Å². The summed E-state index contributed by atoms with van der Waals surface area (Å²) in [6.45, 7) is 10.8. The molecule has 0 heterocycles. The largest absolute Gasteiger partial charge is 0.392 e. The highest BCUT2D eigenvalue weighted by Gasteiger charge is 2.26. The van der Waals surface area contributed by atoms with Crippen LogP contribution in [-0.2, 0) is 0 Å². The number of aliphatic hydroxyl groups excluding tert-OH is 1. The Balaban J connectivity index is 4.09. The van der Waals surface area contributed by atoms with Crippen LogP contribution in [0.3, 0.4) is 0 Å². The molecule has 0 amide bonds. The van der Waals surface area contributed by atoms with Crippen LogP contribution in [-0.4, -0.2) is 23.3 Å². The van der Waals surface area contributed by atoms with Gasteiger partial charge in [0.2, 0.25) is 0 Å². The lowest BCUT2D eigenvalue weighted by Crippen LogP contribution is -2.51. The number of nitrogens with zero attached hydrogens (tertiary/aromatic N) is 1. The van der Waals surface area contributed by atoms with E-state index in [0.717, 1.165) is 13.0 Å². The van der Waals surface area contributed by atoms with Gasteiger partial charge < -0.3 is 10.4 Å². The van der Waals surface area contributed by atoms with E-state index in [1.54, 1.807) is 6.92 Å². The number of hydrogen-bond donors (Lipinski definition) is 2. The van der Waals surface area contributed by atoms with Crippen LogP contribution in [0.2, 0.25) is 0 Å². The zero-order chi connectivity index (χ0) is 12.1. The van der Waals surface area contributed by atoms with Gasteiger partial charge in [-0.1, -0.05) is 13.8 Å². The van der Waals surface area contributed by atoms with Crippen LogP contribution >= 0.6 is 0 Å². The van der Waals surface area contributed by atoms with Crippen LogP contribution in [0, 0.1) is 16.7 Å². The molecule has 1 unspecified atom stereocenters. The summed E-state index contributed by atoms with van der Waals surface area (Å²) in [5.41, 5.74) is -0.175. The van der Waals surface area contributed by atoms with E-state index in [1.807, 2.05) is 13.8 Å². The lowest BCUT2D eigenvalue weighted by Gasteiger charge is -2.34. The van der Waals surface area contributed by atoms with Gasteiger partial charge in [-0.05, 0) is 32.6 Å². The number of nitrogens with one attached hydrogen (secondary N) is 1. The lowest BCUT2D eigenvalue weighted by molar-refractivity contribution is 0.0877. The minimum Gasteiger partial charge on any atom is -0.392 e. The molecule has 0 rings (SSSR count). The highest BCUT2D eigenvalue weighted by atomic mass is 16.3. The summed E-state index contributed by atoms with van der Waals surface area (Å²) < 4.78 is 0. The molecule has 0 aliphatic heterocycles. The first kappa shape index (κ1) is 14.4. The van der Waals surface area contributed by atoms with Gasteiger partial charge in [0.25, 0.3) is 0 Å². The molecule has 0 saturated heterocycles. The molecule has 0 spiro atoms. The third-order valence-corrected chi connectivity index (χ3v) is 2.98. The van der Waals surface area contributed by atoms with E-state index < -0.39 is 0 Å². The maximum absolute atomic E-state index is 9.54. The lowest BCUT2D eigenvalue weighted by atomic mass is 9.86. The SMILES string of the molecule is CC(O)C(C)(C)NCC(C)(C)CCC#N. The van der Waals surface area contributed by atoms with Crippen molar-refractivity contribution in [2.45, 2.75) is 59.1 Å². The molecule has 15 heavy (non-hydrogen) atoms. The molecule has 3 heteroatoms. The Morgan fingerprint density at radius 2 is 1.87 bits per heavy atom. The molecule has 0 aliphatic carbocycles. The Morgan fingerprint density at radius 3 is 2.27 bits per heavy atom. The summed E-state index contributed by atoms with van der Waals surface area (Å²) in [5.74, 6) is 0. The first-order chi connectivity index (χ1) is 6.71. The standard InChI is InChI=1S/C12H24N2O/c1-10(15)12(4,5)14-9-11(2,3)7-6-8-13/h10,14-15H,6-7,9H2,1-5H3. The zero-order valence-electron chi connectivity index (χ0n) is 10.6. The second kappa shape index (κ2) is 5.48. The van der Waals surface area contributed by atoms with Gasteiger partial charge in [-0.25, -0.2) is 0 Å². The van der Waals surface area contributed by atoms with Gasteiger partial charge in [-0.15, -0.1) is 0 Å². The fourth-order valence-corrected chi connectivity index (χ4v) is 1.10. The van der Waals surface area contributed by atoms with Gasteiger partial charge in [0.15, 0.2) is 0 Å². The second-order valence-electron chi connectivity index (χ2n) is 5.57. The van der Waals surface area contributed by atoms with E-state index in [9.17, 15) is 5.11 Å². The minimum absolute atomic E-state index is 0.0991. The molecule has 1 atom stereocenters. The van der Waals surface area contributed by atoms with Crippen molar-refractivity contribution in [2.75, 3.05) is 6.54 Å². The molecule has 0 aliphatic rings. The number of hydrogen-bond acceptors (Lipinski definition) is 3. The smallest absolute Gasteiger partial charge is 0.0688 e. The summed E-state index contributed by atoms with van der Waals surface area (Å²) in [5, 5.41) is 21.4. The molecule has 88 valence electrons. The number of nitriles is 1. The van der Waals surface area contributed by atoms with Crippen LogP contribution in [0.15, 0.2) is 0 Å². The van der Waals surface area contributed by atoms with Crippen LogP contribution in [0.5, 0.6) is 0 Å². The molecule has 0 bridgehead atoms. The molecule has 3 nitrogen and oxygen atoms in total.